The van der Waals surface area contributed by atoms with Crippen LogP contribution in [0.5, 0.6) is 0 Å². The van der Waals surface area contributed by atoms with Gasteiger partial charge in [0.25, 0.3) is 0 Å². The minimum atomic E-state index is -1.38. The van der Waals surface area contributed by atoms with Crippen molar-refractivity contribution in [2.75, 3.05) is 25.2 Å². The van der Waals surface area contributed by atoms with Gasteiger partial charge in [0.2, 0.25) is 11.8 Å². The Hall–Kier alpha value is -4.06. The van der Waals surface area contributed by atoms with Crippen molar-refractivity contribution in [1.82, 2.24) is 16.0 Å². The molecule has 250 valence electrons. The second kappa shape index (κ2) is 16.0. The van der Waals surface area contributed by atoms with E-state index in [4.69, 9.17) is 14.2 Å². The smallest absolute Gasteiger partial charge is 0.407 e. The number of carbonyl (C=O) groups is 5. The first-order valence-corrected chi connectivity index (χ1v) is 16.6. The predicted molar refractivity (Wildman–Crippen MR) is 176 cm³/mol. The molecule has 0 saturated carbocycles. The fourth-order valence-corrected chi connectivity index (χ4v) is 5.45. The molecule has 0 spiro atoms. The van der Waals surface area contributed by atoms with Gasteiger partial charge in [-0.1, -0.05) is 48.5 Å². The highest BCUT2D eigenvalue weighted by Crippen LogP contribution is 2.44. The zero-order chi connectivity index (χ0) is 34.1. The third kappa shape index (κ3) is 11.1. The molecule has 0 heterocycles. The Kier molecular flexibility index (Phi) is 12.6. The number of carbonyl (C=O) groups excluding carboxylic acids is 5. The molecule has 0 aromatic heterocycles. The van der Waals surface area contributed by atoms with Gasteiger partial charge >= 0.3 is 18.0 Å². The van der Waals surface area contributed by atoms with Crippen molar-refractivity contribution in [1.29, 1.82) is 0 Å². The van der Waals surface area contributed by atoms with Crippen LogP contribution in [0.2, 0.25) is 0 Å². The lowest BCUT2D eigenvalue weighted by Crippen LogP contribution is -2.55. The van der Waals surface area contributed by atoms with Crippen LogP contribution in [0.15, 0.2) is 48.5 Å². The fourth-order valence-electron chi connectivity index (χ4n) is 4.98. The maximum Gasteiger partial charge on any atom is 0.407 e. The van der Waals surface area contributed by atoms with Gasteiger partial charge in [-0.05, 0) is 82.2 Å². The molecule has 12 heteroatoms. The van der Waals surface area contributed by atoms with Crippen LogP contribution in [-0.2, 0) is 33.4 Å². The molecule has 46 heavy (non-hydrogen) atoms. The molecule has 11 nitrogen and oxygen atoms in total. The summed E-state index contributed by atoms with van der Waals surface area (Å²) in [6.45, 7) is 9.70. The summed E-state index contributed by atoms with van der Waals surface area (Å²) in [5, 5.41) is 7.60. The summed E-state index contributed by atoms with van der Waals surface area (Å²) >= 11 is 1.47. The number of benzene rings is 2. The molecule has 2 aromatic rings. The number of thioether (sulfide) groups is 1. The minimum absolute atomic E-state index is 0.0606. The molecular formula is C34H45N3O8S. The zero-order valence-electron chi connectivity index (χ0n) is 27.6. The highest BCUT2D eigenvalue weighted by atomic mass is 32.2. The van der Waals surface area contributed by atoms with E-state index in [0.29, 0.717) is 5.75 Å². The van der Waals surface area contributed by atoms with Crippen LogP contribution in [-0.4, -0.2) is 78.3 Å². The van der Waals surface area contributed by atoms with Gasteiger partial charge in [0.05, 0.1) is 6.42 Å². The summed E-state index contributed by atoms with van der Waals surface area (Å²) in [6, 6.07) is 13.5. The molecule has 0 fully saturated rings. The molecule has 1 aliphatic carbocycles. The van der Waals surface area contributed by atoms with Gasteiger partial charge < -0.3 is 30.2 Å². The number of esters is 2. The molecule has 3 N–H and O–H groups in total. The molecule has 2 atom stereocenters. The molecular weight excluding hydrogens is 610 g/mol. The first-order valence-electron chi connectivity index (χ1n) is 15.2. The molecule has 3 rings (SSSR count). The van der Waals surface area contributed by atoms with E-state index in [0.717, 1.165) is 22.3 Å². The maximum absolute atomic E-state index is 13.5. The summed E-state index contributed by atoms with van der Waals surface area (Å²) in [6.07, 6.45) is 0.804. The Morgan fingerprint density at radius 2 is 1.30 bits per heavy atom. The van der Waals surface area contributed by atoms with Crippen LogP contribution in [0, 0.1) is 0 Å². The molecule has 2 aromatic carbocycles. The minimum Gasteiger partial charge on any atom is -0.460 e. The SMILES string of the molecule is CSCC[C@H](NC(=O)OCC1c2ccccc2-c2ccccc21)C(=O)N[C@@H](CC(=O)OC(C)(C)C)C(=O)NCC(=O)OC(C)(C)C. The van der Waals surface area contributed by atoms with Crippen LogP contribution < -0.4 is 16.0 Å². The van der Waals surface area contributed by atoms with Gasteiger partial charge in [-0.2, -0.15) is 11.8 Å². The van der Waals surface area contributed by atoms with Crippen molar-refractivity contribution in [3.63, 3.8) is 0 Å². The molecule has 3 amide bonds. The average molecular weight is 656 g/mol. The van der Waals surface area contributed by atoms with Crippen molar-refractivity contribution in [3.05, 3.63) is 59.7 Å². The van der Waals surface area contributed by atoms with Crippen molar-refractivity contribution < 1.29 is 38.2 Å². The van der Waals surface area contributed by atoms with E-state index in [-0.39, 0.29) is 18.9 Å². The lowest BCUT2D eigenvalue weighted by Gasteiger charge is -2.25. The van der Waals surface area contributed by atoms with Crippen molar-refractivity contribution in [3.8, 4) is 11.1 Å². The largest absolute Gasteiger partial charge is 0.460 e. The monoisotopic (exact) mass is 655 g/mol. The maximum atomic E-state index is 13.5. The molecule has 0 radical (unpaired) electrons. The van der Waals surface area contributed by atoms with Crippen molar-refractivity contribution in [2.24, 2.45) is 0 Å². The van der Waals surface area contributed by atoms with E-state index in [1.807, 2.05) is 54.8 Å². The Morgan fingerprint density at radius 3 is 1.85 bits per heavy atom. The van der Waals surface area contributed by atoms with E-state index in [1.165, 1.54) is 11.8 Å². The first-order chi connectivity index (χ1) is 21.6. The molecule has 0 bridgehead atoms. The topological polar surface area (TPSA) is 149 Å². The lowest BCUT2D eigenvalue weighted by atomic mass is 9.98. The Morgan fingerprint density at radius 1 is 0.761 bits per heavy atom. The number of rotatable bonds is 13. The van der Waals surface area contributed by atoms with Gasteiger partial charge in [-0.25, -0.2) is 4.79 Å². The number of fused-ring (bicyclic) bond motifs is 3. The summed E-state index contributed by atoms with van der Waals surface area (Å²) in [5.74, 6) is -2.53. The van der Waals surface area contributed by atoms with Crippen LogP contribution in [0.25, 0.3) is 11.1 Å². The first kappa shape index (κ1) is 36.4. The van der Waals surface area contributed by atoms with Crippen LogP contribution in [0.3, 0.4) is 0 Å². The summed E-state index contributed by atoms with van der Waals surface area (Å²) in [4.78, 5) is 64.4. The van der Waals surface area contributed by atoms with Gasteiger partial charge in [-0.15, -0.1) is 0 Å². The average Bonchev–Trinajstić information content (AvgIpc) is 3.28. The van der Waals surface area contributed by atoms with Crippen LogP contribution in [0.1, 0.15) is 71.4 Å². The Balaban J connectivity index is 1.69. The normalized spacial score (nSPS) is 13.8. The number of hydrogen-bond donors (Lipinski definition) is 3. The molecule has 0 aliphatic heterocycles. The third-order valence-electron chi connectivity index (χ3n) is 6.81. The summed E-state index contributed by atoms with van der Waals surface area (Å²) in [5.41, 5.74) is 2.69. The van der Waals surface area contributed by atoms with Gasteiger partial charge in [0, 0.05) is 5.92 Å². The number of amides is 3. The van der Waals surface area contributed by atoms with E-state index >= 15 is 0 Å². The van der Waals surface area contributed by atoms with Gasteiger partial charge in [0.15, 0.2) is 0 Å². The standard InChI is InChI=1S/C34H45N3O8S/c1-33(2,3)44-28(38)18-27(30(40)35-19-29(39)45-34(4,5)6)36-31(41)26(16-17-46-7)37-32(42)43-20-25-23-14-10-8-12-21(23)22-13-9-11-15-24(22)25/h8-15,25-27H,16-20H2,1-7H3,(H,35,40)(H,36,41)(H,37,42)/t26-,27-/m0/s1. The molecule has 1 aliphatic rings. The lowest BCUT2D eigenvalue weighted by molar-refractivity contribution is -0.156. The second-order valence-electron chi connectivity index (χ2n) is 13.0. The zero-order valence-corrected chi connectivity index (χ0v) is 28.4. The Labute approximate surface area is 274 Å². The van der Waals surface area contributed by atoms with Crippen molar-refractivity contribution >= 4 is 41.6 Å². The Bertz CT molecular complexity index is 1370. The number of ether oxygens (including phenoxy) is 3. The van der Waals surface area contributed by atoms with E-state index in [2.05, 4.69) is 16.0 Å². The summed E-state index contributed by atoms with van der Waals surface area (Å²) < 4.78 is 16.2. The van der Waals surface area contributed by atoms with Crippen LogP contribution >= 0.6 is 11.8 Å². The van der Waals surface area contributed by atoms with E-state index < -0.39 is 66.1 Å². The van der Waals surface area contributed by atoms with Crippen LogP contribution in [0.4, 0.5) is 4.79 Å². The third-order valence-corrected chi connectivity index (χ3v) is 7.46. The van der Waals surface area contributed by atoms with Gasteiger partial charge in [0.1, 0.15) is 36.4 Å². The van der Waals surface area contributed by atoms with Crippen molar-refractivity contribution in [2.45, 2.75) is 83.6 Å². The number of nitrogens with one attached hydrogen (secondary N) is 3. The number of alkyl carbamates (subject to hydrolysis) is 1. The fraction of sp³-hybridized carbons (Fsp3) is 0.500. The van der Waals surface area contributed by atoms with E-state index in [1.54, 1.807) is 41.5 Å². The molecule has 0 saturated heterocycles. The van der Waals surface area contributed by atoms with E-state index in [9.17, 15) is 24.0 Å². The molecule has 0 unspecified atom stereocenters. The summed E-state index contributed by atoms with van der Waals surface area (Å²) in [7, 11) is 0. The highest BCUT2D eigenvalue weighted by Gasteiger charge is 2.32. The highest BCUT2D eigenvalue weighted by molar-refractivity contribution is 7.98. The predicted octanol–water partition coefficient (Wildman–Crippen LogP) is 4.32. The quantitative estimate of drug-likeness (QED) is 0.212. The number of hydrogen-bond acceptors (Lipinski definition) is 9. The van der Waals surface area contributed by atoms with Gasteiger partial charge in [-0.3, -0.25) is 19.2 Å². The second-order valence-corrected chi connectivity index (χ2v) is 13.9.